The molecule has 3 heterocycles. The van der Waals surface area contributed by atoms with E-state index >= 15 is 0 Å². The highest BCUT2D eigenvalue weighted by Crippen LogP contribution is 2.39. The number of thiophene rings is 1. The van der Waals surface area contributed by atoms with E-state index in [9.17, 15) is 19.5 Å². The number of hydrogen-bond donors (Lipinski definition) is 1. The highest BCUT2D eigenvalue weighted by molar-refractivity contribution is 7.15. The van der Waals surface area contributed by atoms with Gasteiger partial charge in [-0.05, 0) is 102 Å². The van der Waals surface area contributed by atoms with Crippen LogP contribution in [0.2, 0.25) is 0 Å². The van der Waals surface area contributed by atoms with Crippen LogP contribution in [-0.4, -0.2) is 51.5 Å². The molecule has 8 nitrogen and oxygen atoms in total. The minimum Gasteiger partial charge on any atom is -0.477 e. The molecule has 3 fully saturated rings. The van der Waals surface area contributed by atoms with Gasteiger partial charge in [0.1, 0.15) is 11.0 Å². The molecule has 2 aromatic rings. The normalized spacial score (nSPS) is 24.0. The first-order valence-electron chi connectivity index (χ1n) is 16.1. The monoisotopic (exact) mass is 619 g/mol. The Bertz CT molecular complexity index is 1420. The summed E-state index contributed by atoms with van der Waals surface area (Å²) in [5, 5.41) is 10.2. The van der Waals surface area contributed by atoms with Crippen molar-refractivity contribution in [3.63, 3.8) is 0 Å². The second-order valence-electron chi connectivity index (χ2n) is 13.8. The number of ether oxygens (including phenoxy) is 1. The molecular formula is C35H45N3O5S. The number of carboxylic acid groups (broad SMARTS) is 1. The summed E-state index contributed by atoms with van der Waals surface area (Å²) < 4.78 is 6.31. The van der Waals surface area contributed by atoms with Gasteiger partial charge in [-0.2, -0.15) is 0 Å². The van der Waals surface area contributed by atoms with Gasteiger partial charge in [0.2, 0.25) is 17.7 Å². The van der Waals surface area contributed by atoms with Crippen molar-refractivity contribution in [3.05, 3.63) is 39.7 Å². The molecule has 0 aromatic carbocycles. The van der Waals surface area contributed by atoms with Crippen LogP contribution in [-0.2, 0) is 16.1 Å². The predicted molar refractivity (Wildman–Crippen MR) is 172 cm³/mol. The highest BCUT2D eigenvalue weighted by Gasteiger charge is 2.38. The number of carbonyl (C=O) groups excluding carboxylic acids is 2. The Balaban J connectivity index is 1.33. The molecular weight excluding hydrogens is 574 g/mol. The first-order chi connectivity index (χ1) is 21.0. The van der Waals surface area contributed by atoms with Crippen LogP contribution in [0.4, 0.5) is 5.69 Å². The van der Waals surface area contributed by atoms with Gasteiger partial charge in [0.25, 0.3) is 0 Å². The first kappa shape index (κ1) is 32.0. The quantitative estimate of drug-likeness (QED) is 0.322. The fourth-order valence-corrected chi connectivity index (χ4v) is 7.36. The lowest BCUT2D eigenvalue weighted by atomic mass is 9.81. The first-order valence-corrected chi connectivity index (χ1v) is 16.9. The summed E-state index contributed by atoms with van der Waals surface area (Å²) >= 11 is 1.16. The highest BCUT2D eigenvalue weighted by atomic mass is 32.1. The molecule has 2 amide bonds. The van der Waals surface area contributed by atoms with E-state index in [4.69, 9.17) is 4.74 Å². The third-order valence-electron chi connectivity index (χ3n) is 8.97. The summed E-state index contributed by atoms with van der Waals surface area (Å²) in [6, 6.07) is 5.55. The van der Waals surface area contributed by atoms with E-state index in [1.54, 1.807) is 6.20 Å². The second-order valence-corrected chi connectivity index (χ2v) is 14.8. The van der Waals surface area contributed by atoms with Crippen LogP contribution in [0.25, 0.3) is 0 Å². The summed E-state index contributed by atoms with van der Waals surface area (Å²) in [4.78, 5) is 47.7. The molecule has 2 aliphatic carbocycles. The van der Waals surface area contributed by atoms with Crippen molar-refractivity contribution in [2.75, 3.05) is 11.4 Å². The molecule has 0 unspecified atom stereocenters. The van der Waals surface area contributed by atoms with Crippen molar-refractivity contribution in [1.82, 2.24) is 9.88 Å². The minimum absolute atomic E-state index is 0.0442. The van der Waals surface area contributed by atoms with Crippen LogP contribution in [0.1, 0.15) is 112 Å². The summed E-state index contributed by atoms with van der Waals surface area (Å²) in [7, 11) is 0. The molecule has 2 saturated carbocycles. The van der Waals surface area contributed by atoms with Gasteiger partial charge in [-0.1, -0.05) is 18.8 Å². The number of carbonyl (C=O) groups is 3. The molecule has 1 aliphatic heterocycles. The molecule has 9 heteroatoms. The number of carboxylic acids is 1. The largest absolute Gasteiger partial charge is 0.477 e. The molecule has 44 heavy (non-hydrogen) atoms. The molecule has 0 atom stereocenters. The van der Waals surface area contributed by atoms with E-state index in [1.165, 1.54) is 0 Å². The molecule has 2 aromatic heterocycles. The van der Waals surface area contributed by atoms with E-state index < -0.39 is 5.97 Å². The Morgan fingerprint density at radius 1 is 1.11 bits per heavy atom. The van der Waals surface area contributed by atoms with E-state index in [-0.39, 0.29) is 40.2 Å². The standard InChI is InChI=1S/C35H45N3O5S/c1-23-7-9-25(10-8-23)33(40)38(29-21-28(15-17-35(2,3)4)44-32(29)34(41)42)26-11-13-27(14-12-26)43-30-20-24(16-18-36-30)22-37-19-5-6-31(37)39/h16,18,20-21,23,25-27H,5-14,19,22H2,1-4H3,(H,41,42)/t23?,25?,26-,27-. The van der Waals surface area contributed by atoms with Crippen molar-refractivity contribution in [2.45, 2.75) is 111 Å². The topological polar surface area (TPSA) is 100 Å². The maximum atomic E-state index is 14.2. The molecule has 1 N–H and O–H groups in total. The smallest absolute Gasteiger partial charge is 0.348 e. The maximum Gasteiger partial charge on any atom is 0.348 e. The number of amides is 2. The Morgan fingerprint density at radius 3 is 2.48 bits per heavy atom. The third kappa shape index (κ3) is 8.01. The second kappa shape index (κ2) is 13.7. The molecule has 5 rings (SSSR count). The van der Waals surface area contributed by atoms with Gasteiger partial charge in [0.15, 0.2) is 0 Å². The average Bonchev–Trinajstić information content (AvgIpc) is 3.59. The van der Waals surface area contributed by atoms with Crippen molar-refractivity contribution >= 4 is 34.8 Å². The number of rotatable bonds is 8. The van der Waals surface area contributed by atoms with Crippen molar-refractivity contribution in [2.24, 2.45) is 17.3 Å². The third-order valence-corrected chi connectivity index (χ3v) is 10.00. The zero-order chi connectivity index (χ0) is 31.4. The zero-order valence-electron chi connectivity index (χ0n) is 26.4. The Labute approximate surface area is 265 Å². The number of nitrogens with zero attached hydrogens (tertiary/aromatic N) is 3. The Kier molecular flexibility index (Phi) is 9.99. The van der Waals surface area contributed by atoms with Gasteiger partial charge in [0, 0.05) is 49.1 Å². The Hall–Kier alpha value is -3.38. The lowest BCUT2D eigenvalue weighted by molar-refractivity contribution is -0.128. The molecule has 1 saturated heterocycles. The number of hydrogen-bond acceptors (Lipinski definition) is 6. The SMILES string of the molecule is CC1CCC(C(=O)N(c2cc(C#CC(C)(C)C)sc2C(=O)O)[C@H]2CC[C@H](Oc3cc(CN4CCCC4=O)ccn3)CC2)CC1. The Morgan fingerprint density at radius 2 is 1.84 bits per heavy atom. The summed E-state index contributed by atoms with van der Waals surface area (Å²) in [5.41, 5.74) is 1.27. The fourth-order valence-electron chi connectivity index (χ4n) is 6.52. The summed E-state index contributed by atoms with van der Waals surface area (Å²) in [5.74, 6) is 6.65. The van der Waals surface area contributed by atoms with Crippen LogP contribution in [0, 0.1) is 29.1 Å². The van der Waals surface area contributed by atoms with Crippen LogP contribution in [0.5, 0.6) is 5.88 Å². The summed E-state index contributed by atoms with van der Waals surface area (Å²) in [6.07, 6.45) is 9.78. The van der Waals surface area contributed by atoms with Gasteiger partial charge >= 0.3 is 5.97 Å². The van der Waals surface area contributed by atoms with Gasteiger partial charge in [0.05, 0.1) is 10.6 Å². The van der Waals surface area contributed by atoms with Crippen molar-refractivity contribution in [1.29, 1.82) is 0 Å². The fraction of sp³-hybridized carbons (Fsp3) is 0.600. The predicted octanol–water partition coefficient (Wildman–Crippen LogP) is 6.91. The van der Waals surface area contributed by atoms with Crippen LogP contribution < -0.4 is 9.64 Å². The average molecular weight is 620 g/mol. The lowest BCUT2D eigenvalue weighted by Crippen LogP contribution is -2.47. The van der Waals surface area contributed by atoms with Crippen LogP contribution in [0.3, 0.4) is 0 Å². The molecule has 236 valence electrons. The zero-order valence-corrected chi connectivity index (χ0v) is 27.3. The number of anilines is 1. The summed E-state index contributed by atoms with van der Waals surface area (Å²) in [6.45, 7) is 9.65. The lowest BCUT2D eigenvalue weighted by Gasteiger charge is -2.39. The van der Waals surface area contributed by atoms with Gasteiger partial charge in [-0.15, -0.1) is 11.3 Å². The molecule has 0 radical (unpaired) electrons. The van der Waals surface area contributed by atoms with Crippen molar-refractivity contribution in [3.8, 4) is 17.7 Å². The number of likely N-dealkylation sites (tertiary alicyclic amines) is 1. The molecule has 3 aliphatic rings. The van der Waals surface area contributed by atoms with E-state index in [0.29, 0.717) is 48.2 Å². The van der Waals surface area contributed by atoms with Gasteiger partial charge < -0.3 is 19.6 Å². The molecule has 0 spiro atoms. The number of pyridine rings is 1. The number of aromatic carboxylic acids is 1. The van der Waals surface area contributed by atoms with Crippen molar-refractivity contribution < 1.29 is 24.2 Å². The van der Waals surface area contributed by atoms with E-state index in [1.807, 2.05) is 48.8 Å². The minimum atomic E-state index is -1.03. The van der Waals surface area contributed by atoms with E-state index in [2.05, 4.69) is 23.7 Å². The van der Waals surface area contributed by atoms with Crippen LogP contribution in [0.15, 0.2) is 24.4 Å². The molecule has 0 bridgehead atoms. The van der Waals surface area contributed by atoms with Gasteiger partial charge in [-0.25, -0.2) is 9.78 Å². The number of aromatic nitrogens is 1. The van der Waals surface area contributed by atoms with Gasteiger partial charge in [-0.3, -0.25) is 9.59 Å². The maximum absolute atomic E-state index is 14.2. The van der Waals surface area contributed by atoms with Crippen LogP contribution >= 0.6 is 11.3 Å². The van der Waals surface area contributed by atoms with E-state index in [0.717, 1.165) is 68.4 Å².